The number of fused-ring (bicyclic) bond motifs is 2. The summed E-state index contributed by atoms with van der Waals surface area (Å²) in [6.07, 6.45) is 13.6. The standard InChI is InChI=1S/C31H30FN9O2S/c1-44(42,43)36-13-19-7-21(10-23(32)9-19)25-15-34-16-28-29(25)38-31(37-28)30-24-11-26(35-17-27(24)39-40-30)22-8-20(12-33-14-22)18-41-5-3-2-4-6-41/h7-12,14-17,36H,2-6,13,18H2,1H3,(H,37,38)(H,39,40). The fourth-order valence-corrected chi connectivity index (χ4v) is 6.15. The van der Waals surface area contributed by atoms with Crippen LogP contribution in [0.1, 0.15) is 30.4 Å². The van der Waals surface area contributed by atoms with Gasteiger partial charge in [0.15, 0.2) is 5.82 Å². The minimum atomic E-state index is -3.44. The van der Waals surface area contributed by atoms with E-state index < -0.39 is 15.8 Å². The van der Waals surface area contributed by atoms with Gasteiger partial charge in [0.05, 0.1) is 40.9 Å². The number of pyridine rings is 3. The molecule has 0 amide bonds. The van der Waals surface area contributed by atoms with E-state index in [-0.39, 0.29) is 6.54 Å². The second-order valence-corrected chi connectivity index (χ2v) is 13.0. The third kappa shape index (κ3) is 5.94. The molecule has 0 spiro atoms. The minimum absolute atomic E-state index is 0.0366. The lowest BCUT2D eigenvalue weighted by Gasteiger charge is -2.26. The first-order chi connectivity index (χ1) is 21.3. The molecule has 0 atom stereocenters. The summed E-state index contributed by atoms with van der Waals surface area (Å²) in [4.78, 5) is 24.1. The maximum absolute atomic E-state index is 14.6. The molecule has 44 heavy (non-hydrogen) atoms. The Morgan fingerprint density at radius 3 is 2.57 bits per heavy atom. The first kappa shape index (κ1) is 28.2. The van der Waals surface area contributed by atoms with Gasteiger partial charge in [-0.25, -0.2) is 22.5 Å². The molecule has 0 aliphatic carbocycles. The first-order valence-corrected chi connectivity index (χ1v) is 16.3. The lowest BCUT2D eigenvalue weighted by Crippen LogP contribution is -2.29. The number of nitrogens with zero attached hydrogens (tertiary/aromatic N) is 6. The number of aromatic amines is 2. The van der Waals surface area contributed by atoms with Crippen molar-refractivity contribution in [2.45, 2.75) is 32.4 Å². The topological polar surface area (TPSA) is 145 Å². The number of piperidine rings is 1. The average molecular weight is 612 g/mol. The molecule has 7 rings (SSSR count). The zero-order valence-electron chi connectivity index (χ0n) is 24.0. The van der Waals surface area contributed by atoms with Gasteiger partial charge < -0.3 is 4.98 Å². The molecule has 0 radical (unpaired) electrons. The number of nitrogens with one attached hydrogen (secondary N) is 3. The van der Waals surface area contributed by atoms with Gasteiger partial charge in [0.25, 0.3) is 0 Å². The van der Waals surface area contributed by atoms with Gasteiger partial charge in [0, 0.05) is 48.2 Å². The number of aromatic nitrogens is 7. The van der Waals surface area contributed by atoms with Crippen LogP contribution in [0.5, 0.6) is 0 Å². The summed E-state index contributed by atoms with van der Waals surface area (Å²) in [6.45, 7) is 3.06. The molecule has 5 aromatic heterocycles. The van der Waals surface area contributed by atoms with E-state index in [0.717, 1.165) is 53.6 Å². The van der Waals surface area contributed by atoms with Gasteiger partial charge in [0.1, 0.15) is 11.5 Å². The number of likely N-dealkylation sites (tertiary alicyclic amines) is 1. The summed E-state index contributed by atoms with van der Waals surface area (Å²) in [6, 6.07) is 8.53. The normalized spacial score (nSPS) is 14.5. The summed E-state index contributed by atoms with van der Waals surface area (Å²) < 4.78 is 40.2. The van der Waals surface area contributed by atoms with Gasteiger partial charge in [-0.05, 0) is 73.0 Å². The lowest BCUT2D eigenvalue weighted by molar-refractivity contribution is 0.220. The lowest BCUT2D eigenvalue weighted by atomic mass is 10.0. The van der Waals surface area contributed by atoms with Crippen LogP contribution in [-0.4, -0.2) is 67.8 Å². The van der Waals surface area contributed by atoms with Gasteiger partial charge in [-0.15, -0.1) is 0 Å². The maximum atomic E-state index is 14.6. The fraction of sp³-hybridized carbons (Fsp3) is 0.258. The van der Waals surface area contributed by atoms with Crippen LogP contribution in [-0.2, 0) is 23.1 Å². The van der Waals surface area contributed by atoms with E-state index in [4.69, 9.17) is 4.98 Å². The largest absolute Gasteiger partial charge is 0.335 e. The van der Waals surface area contributed by atoms with Crippen LogP contribution in [0, 0.1) is 5.82 Å². The highest BCUT2D eigenvalue weighted by Gasteiger charge is 2.18. The average Bonchev–Trinajstić information content (AvgIpc) is 3.64. The highest BCUT2D eigenvalue weighted by Crippen LogP contribution is 2.33. The third-order valence-corrected chi connectivity index (χ3v) is 8.49. The molecule has 1 fully saturated rings. The van der Waals surface area contributed by atoms with Gasteiger partial charge in [0.2, 0.25) is 10.0 Å². The number of imidazole rings is 1. The highest BCUT2D eigenvalue weighted by atomic mass is 32.2. The number of halogens is 1. The van der Waals surface area contributed by atoms with Gasteiger partial charge in [-0.1, -0.05) is 6.42 Å². The molecule has 224 valence electrons. The van der Waals surface area contributed by atoms with Crippen LogP contribution < -0.4 is 4.72 Å². The van der Waals surface area contributed by atoms with E-state index >= 15 is 0 Å². The SMILES string of the molecule is CS(=O)(=O)NCc1cc(F)cc(-c2cncc3[nH]c(-c4n[nH]c5cnc(-c6cncc(CN7CCCCC7)c6)cc45)nc23)c1. The molecular formula is C31H30FN9O2S. The maximum Gasteiger partial charge on any atom is 0.209 e. The van der Waals surface area contributed by atoms with Gasteiger partial charge in [-0.3, -0.25) is 25.0 Å². The van der Waals surface area contributed by atoms with Crippen LogP contribution in [0.15, 0.2) is 61.3 Å². The van der Waals surface area contributed by atoms with Crippen molar-refractivity contribution in [3.05, 3.63) is 78.3 Å². The van der Waals surface area contributed by atoms with E-state index in [1.165, 1.54) is 31.4 Å². The summed E-state index contributed by atoms with van der Waals surface area (Å²) in [5.74, 6) is 0.0263. The highest BCUT2D eigenvalue weighted by molar-refractivity contribution is 7.88. The van der Waals surface area contributed by atoms with Crippen molar-refractivity contribution >= 4 is 32.0 Å². The second kappa shape index (κ2) is 11.5. The summed E-state index contributed by atoms with van der Waals surface area (Å²) in [5.41, 5.74) is 7.08. The monoisotopic (exact) mass is 611 g/mol. The Morgan fingerprint density at radius 1 is 0.909 bits per heavy atom. The Labute approximate surface area is 253 Å². The predicted octanol–water partition coefficient (Wildman–Crippen LogP) is 4.80. The summed E-state index contributed by atoms with van der Waals surface area (Å²) in [5, 5.41) is 8.43. The Kier molecular flexibility index (Phi) is 7.36. The van der Waals surface area contributed by atoms with E-state index in [1.54, 1.807) is 24.7 Å². The van der Waals surface area contributed by atoms with Crippen molar-refractivity contribution in [2.24, 2.45) is 0 Å². The van der Waals surface area contributed by atoms with Gasteiger partial charge in [-0.2, -0.15) is 5.10 Å². The van der Waals surface area contributed by atoms with Crippen LogP contribution >= 0.6 is 0 Å². The second-order valence-electron chi connectivity index (χ2n) is 11.2. The Bertz CT molecular complexity index is 2100. The van der Waals surface area contributed by atoms with Crippen LogP contribution in [0.4, 0.5) is 4.39 Å². The molecular weight excluding hydrogens is 581 g/mol. The number of rotatable bonds is 8. The van der Waals surface area contributed by atoms with Crippen LogP contribution in [0.2, 0.25) is 0 Å². The molecule has 1 aliphatic heterocycles. The van der Waals surface area contributed by atoms with E-state index in [2.05, 4.69) is 45.8 Å². The summed E-state index contributed by atoms with van der Waals surface area (Å²) in [7, 11) is -3.44. The van der Waals surface area contributed by atoms with E-state index in [1.807, 2.05) is 18.5 Å². The van der Waals surface area contributed by atoms with Gasteiger partial charge >= 0.3 is 0 Å². The van der Waals surface area contributed by atoms with Crippen molar-refractivity contribution in [2.75, 3.05) is 19.3 Å². The molecule has 1 aliphatic rings. The van der Waals surface area contributed by atoms with E-state index in [9.17, 15) is 12.8 Å². The number of hydrogen-bond donors (Lipinski definition) is 3. The van der Waals surface area contributed by atoms with Crippen molar-refractivity contribution in [3.8, 4) is 33.9 Å². The Balaban J connectivity index is 1.23. The molecule has 1 aromatic carbocycles. The molecule has 6 aromatic rings. The molecule has 0 bridgehead atoms. The smallest absolute Gasteiger partial charge is 0.209 e. The number of benzene rings is 1. The fourth-order valence-electron chi connectivity index (χ4n) is 5.72. The molecule has 0 unspecified atom stereocenters. The first-order valence-electron chi connectivity index (χ1n) is 14.4. The van der Waals surface area contributed by atoms with Crippen molar-refractivity contribution in [1.82, 2.24) is 44.7 Å². The zero-order chi connectivity index (χ0) is 30.3. The number of H-pyrrole nitrogens is 2. The predicted molar refractivity (Wildman–Crippen MR) is 166 cm³/mol. The third-order valence-electron chi connectivity index (χ3n) is 7.82. The van der Waals surface area contributed by atoms with E-state index in [0.29, 0.717) is 39.2 Å². The van der Waals surface area contributed by atoms with Crippen molar-refractivity contribution < 1.29 is 12.8 Å². The number of hydrogen-bond acceptors (Lipinski definition) is 8. The molecule has 3 N–H and O–H groups in total. The molecule has 1 saturated heterocycles. The molecule has 6 heterocycles. The molecule has 11 nitrogen and oxygen atoms in total. The number of sulfonamides is 1. The van der Waals surface area contributed by atoms with Crippen LogP contribution in [0.25, 0.3) is 55.8 Å². The van der Waals surface area contributed by atoms with Crippen molar-refractivity contribution in [1.29, 1.82) is 0 Å². The minimum Gasteiger partial charge on any atom is -0.335 e. The molecule has 0 saturated carbocycles. The molecule has 13 heteroatoms. The Morgan fingerprint density at radius 2 is 1.73 bits per heavy atom. The quantitative estimate of drug-likeness (QED) is 0.223. The summed E-state index contributed by atoms with van der Waals surface area (Å²) >= 11 is 0. The Hall–Kier alpha value is -4.59. The van der Waals surface area contributed by atoms with Crippen LogP contribution in [0.3, 0.4) is 0 Å². The zero-order valence-corrected chi connectivity index (χ0v) is 24.8. The van der Waals surface area contributed by atoms with Crippen molar-refractivity contribution in [3.63, 3.8) is 0 Å².